The van der Waals surface area contributed by atoms with Gasteiger partial charge in [-0.05, 0) is 45.2 Å². The third kappa shape index (κ3) is 5.94. The van der Waals surface area contributed by atoms with E-state index in [9.17, 15) is 0 Å². The van der Waals surface area contributed by atoms with Crippen molar-refractivity contribution < 1.29 is 0 Å². The van der Waals surface area contributed by atoms with Gasteiger partial charge in [0.05, 0.1) is 0 Å². The second-order valence-electron chi connectivity index (χ2n) is 7.66. The van der Waals surface area contributed by atoms with Gasteiger partial charge < -0.3 is 15.1 Å². The maximum atomic E-state index is 5.01. The summed E-state index contributed by atoms with van der Waals surface area (Å²) in [4.78, 5) is 9.95. The van der Waals surface area contributed by atoms with Gasteiger partial charge in [0, 0.05) is 55.5 Å². The van der Waals surface area contributed by atoms with E-state index in [0.29, 0.717) is 10.7 Å². The molecular formula is C20H33IN4S. The summed E-state index contributed by atoms with van der Waals surface area (Å²) in [5.74, 6) is 2.94. The summed E-state index contributed by atoms with van der Waals surface area (Å²) in [6, 6.07) is 10.8. The molecule has 1 atom stereocenters. The molecule has 2 aliphatic rings. The van der Waals surface area contributed by atoms with Crippen molar-refractivity contribution in [3.63, 3.8) is 0 Å². The molecule has 1 aromatic carbocycles. The average Bonchev–Trinajstić information content (AvgIpc) is 3.07. The molecule has 0 saturated carbocycles. The first-order valence-electron chi connectivity index (χ1n) is 9.54. The molecule has 2 saturated heterocycles. The van der Waals surface area contributed by atoms with Crippen LogP contribution in [-0.4, -0.2) is 60.6 Å². The van der Waals surface area contributed by atoms with Crippen molar-refractivity contribution in [1.29, 1.82) is 0 Å². The van der Waals surface area contributed by atoms with Gasteiger partial charge in [0.15, 0.2) is 5.96 Å². The predicted molar refractivity (Wildman–Crippen MR) is 126 cm³/mol. The summed E-state index contributed by atoms with van der Waals surface area (Å²) in [6.07, 6.45) is 1.24. The van der Waals surface area contributed by atoms with Gasteiger partial charge in [-0.1, -0.05) is 18.2 Å². The van der Waals surface area contributed by atoms with E-state index < -0.39 is 0 Å². The van der Waals surface area contributed by atoms with E-state index in [1.165, 1.54) is 17.9 Å². The molecule has 1 aromatic rings. The molecule has 2 heterocycles. The minimum atomic E-state index is 0. The Bertz CT molecular complexity index is 578. The second-order valence-corrected chi connectivity index (χ2v) is 9.46. The van der Waals surface area contributed by atoms with Gasteiger partial charge in [-0.25, -0.2) is 0 Å². The molecule has 0 radical (unpaired) electrons. The lowest BCUT2D eigenvalue weighted by Crippen LogP contribution is -2.51. The van der Waals surface area contributed by atoms with Crippen LogP contribution < -0.4 is 10.2 Å². The number of anilines is 1. The molecule has 0 amide bonds. The van der Waals surface area contributed by atoms with E-state index in [1.54, 1.807) is 0 Å². The Morgan fingerprint density at radius 3 is 2.73 bits per heavy atom. The van der Waals surface area contributed by atoms with Crippen molar-refractivity contribution in [2.45, 2.75) is 31.9 Å². The van der Waals surface area contributed by atoms with Gasteiger partial charge >= 0.3 is 0 Å². The molecule has 146 valence electrons. The molecule has 4 nitrogen and oxygen atoms in total. The van der Waals surface area contributed by atoms with Crippen molar-refractivity contribution in [3.05, 3.63) is 30.3 Å². The number of nitrogens with zero attached hydrogens (tertiary/aromatic N) is 3. The predicted octanol–water partition coefficient (Wildman–Crippen LogP) is 3.92. The van der Waals surface area contributed by atoms with E-state index in [0.717, 1.165) is 45.2 Å². The highest BCUT2D eigenvalue weighted by Gasteiger charge is 2.29. The van der Waals surface area contributed by atoms with Crippen LogP contribution >= 0.6 is 35.7 Å². The molecule has 0 aromatic heterocycles. The highest BCUT2D eigenvalue weighted by Crippen LogP contribution is 2.29. The van der Waals surface area contributed by atoms with Crippen LogP contribution in [0.2, 0.25) is 0 Å². The van der Waals surface area contributed by atoms with Crippen molar-refractivity contribution in [2.75, 3.05) is 49.9 Å². The summed E-state index contributed by atoms with van der Waals surface area (Å²) in [7, 11) is 0. The van der Waals surface area contributed by atoms with E-state index in [2.05, 4.69) is 78.0 Å². The van der Waals surface area contributed by atoms with Crippen molar-refractivity contribution in [1.82, 2.24) is 10.2 Å². The Hall–Kier alpha value is -0.630. The third-order valence-corrected chi connectivity index (χ3v) is 6.26. The number of benzene rings is 1. The van der Waals surface area contributed by atoms with Gasteiger partial charge in [0.1, 0.15) is 0 Å². The lowest BCUT2D eigenvalue weighted by molar-refractivity contribution is 0.374. The lowest BCUT2D eigenvalue weighted by Gasteiger charge is -2.39. The largest absolute Gasteiger partial charge is 0.371 e. The first-order chi connectivity index (χ1) is 12.1. The molecule has 3 rings (SSSR count). The Morgan fingerprint density at radius 1 is 1.27 bits per heavy atom. The molecule has 1 unspecified atom stereocenters. The van der Waals surface area contributed by atoms with E-state index in [1.807, 2.05) is 0 Å². The molecule has 2 fully saturated rings. The first-order valence-corrected chi connectivity index (χ1v) is 10.5. The van der Waals surface area contributed by atoms with Gasteiger partial charge in [0.25, 0.3) is 0 Å². The number of para-hydroxylation sites is 1. The number of halogens is 1. The minimum Gasteiger partial charge on any atom is -0.371 e. The fourth-order valence-electron chi connectivity index (χ4n) is 3.69. The zero-order chi connectivity index (χ0) is 17.7. The second kappa shape index (κ2) is 10.1. The monoisotopic (exact) mass is 488 g/mol. The van der Waals surface area contributed by atoms with Gasteiger partial charge in [-0.2, -0.15) is 11.8 Å². The zero-order valence-corrected chi connectivity index (χ0v) is 19.4. The number of thioether (sulfide) groups is 1. The van der Waals surface area contributed by atoms with Crippen molar-refractivity contribution in [2.24, 2.45) is 10.9 Å². The zero-order valence-electron chi connectivity index (χ0n) is 16.3. The summed E-state index contributed by atoms with van der Waals surface area (Å²) < 4.78 is 0.311. The number of aliphatic imine (C=N–C) groups is 1. The topological polar surface area (TPSA) is 30.9 Å². The fourth-order valence-corrected chi connectivity index (χ4v) is 4.81. The molecular weight excluding hydrogens is 455 g/mol. The third-order valence-electron chi connectivity index (χ3n) is 4.97. The van der Waals surface area contributed by atoms with Gasteiger partial charge in [0.2, 0.25) is 0 Å². The van der Waals surface area contributed by atoms with Crippen LogP contribution in [0.4, 0.5) is 5.69 Å². The molecule has 0 bridgehead atoms. The van der Waals surface area contributed by atoms with E-state index in [4.69, 9.17) is 4.99 Å². The van der Waals surface area contributed by atoms with Crippen LogP contribution in [0.25, 0.3) is 0 Å². The minimum absolute atomic E-state index is 0. The molecule has 0 spiro atoms. The number of nitrogens with one attached hydrogen (secondary N) is 1. The number of hydrogen-bond acceptors (Lipinski definition) is 3. The lowest BCUT2D eigenvalue weighted by atomic mass is 10.1. The summed E-state index contributed by atoms with van der Waals surface area (Å²) in [5.41, 5.74) is 1.34. The summed E-state index contributed by atoms with van der Waals surface area (Å²) >= 11 is 2.07. The highest BCUT2D eigenvalue weighted by atomic mass is 127. The summed E-state index contributed by atoms with van der Waals surface area (Å²) in [6.45, 7) is 13.1. The van der Waals surface area contributed by atoms with Crippen molar-refractivity contribution in [3.8, 4) is 0 Å². The van der Waals surface area contributed by atoms with Crippen LogP contribution in [-0.2, 0) is 0 Å². The van der Waals surface area contributed by atoms with Gasteiger partial charge in [-0.15, -0.1) is 24.0 Å². The van der Waals surface area contributed by atoms with Crippen molar-refractivity contribution >= 4 is 47.4 Å². The number of hydrogen-bond donors (Lipinski definition) is 1. The first kappa shape index (κ1) is 21.7. The normalized spacial score (nSPS) is 22.9. The van der Waals surface area contributed by atoms with Crippen LogP contribution in [0.3, 0.4) is 0 Å². The van der Waals surface area contributed by atoms with Crippen LogP contribution in [0.1, 0.15) is 27.2 Å². The Balaban J connectivity index is 0.00000243. The maximum absolute atomic E-state index is 5.01. The Kier molecular flexibility index (Phi) is 8.39. The van der Waals surface area contributed by atoms with Crippen LogP contribution in [0.5, 0.6) is 0 Å². The number of guanidine groups is 1. The average molecular weight is 488 g/mol. The van der Waals surface area contributed by atoms with Gasteiger partial charge in [-0.3, -0.25) is 4.99 Å². The summed E-state index contributed by atoms with van der Waals surface area (Å²) in [5, 5.41) is 3.51. The molecule has 2 aliphatic heterocycles. The van der Waals surface area contributed by atoms with E-state index >= 15 is 0 Å². The molecule has 1 N–H and O–H groups in total. The quantitative estimate of drug-likeness (QED) is 0.396. The van der Waals surface area contributed by atoms with E-state index in [-0.39, 0.29) is 24.0 Å². The smallest absolute Gasteiger partial charge is 0.193 e. The Labute approximate surface area is 180 Å². The number of rotatable bonds is 4. The molecule has 6 heteroatoms. The highest BCUT2D eigenvalue weighted by molar-refractivity contribution is 14.0. The Morgan fingerprint density at radius 2 is 2.04 bits per heavy atom. The van der Waals surface area contributed by atoms with Crippen LogP contribution in [0.15, 0.2) is 35.3 Å². The standard InChI is InChI=1S/C20H32N4S.HI/c1-4-21-19(24-12-13-25-20(2,3)16-24)22-14-17-10-11-23(15-17)18-8-6-5-7-9-18;/h5-9,17H,4,10-16H2,1-3H3,(H,21,22);1H. The van der Waals surface area contributed by atoms with Crippen LogP contribution in [0, 0.1) is 5.92 Å². The fraction of sp³-hybridized carbons (Fsp3) is 0.650. The SMILES string of the molecule is CCNC(=NCC1CCN(c2ccccc2)C1)N1CCSC(C)(C)C1.I. The molecule has 26 heavy (non-hydrogen) atoms. The maximum Gasteiger partial charge on any atom is 0.193 e. The molecule has 0 aliphatic carbocycles.